The quantitative estimate of drug-likeness (QED) is 0.643. The van der Waals surface area contributed by atoms with Crippen molar-refractivity contribution in [2.75, 3.05) is 33.4 Å². The van der Waals surface area contributed by atoms with Gasteiger partial charge in [0.15, 0.2) is 5.78 Å². The number of carbonyl (C=O) groups excluding carboxylic acids is 1. The number of carbonyl (C=O) groups is 1. The van der Waals surface area contributed by atoms with E-state index in [0.717, 1.165) is 16.5 Å². The Labute approximate surface area is 163 Å². The number of Topliss-reactive ketones (excluding diaryl/α,β-unsaturated/α-hetero) is 1. The first kappa shape index (κ1) is 18.7. The van der Waals surface area contributed by atoms with Gasteiger partial charge in [-0.3, -0.25) is 9.69 Å². The number of aromatic nitrogens is 1. The number of hydrogen-bond acceptors (Lipinski definition) is 5. The SMILES string of the molecule is COc1ccccc1C(C(O)C(=O)c1c[nH]c2ccccc12)N1CCOCC1. The summed E-state index contributed by atoms with van der Waals surface area (Å²) >= 11 is 0. The van der Waals surface area contributed by atoms with Crippen LogP contribution in [-0.4, -0.2) is 60.3 Å². The van der Waals surface area contributed by atoms with E-state index in [-0.39, 0.29) is 5.78 Å². The number of para-hydroxylation sites is 2. The molecule has 0 aliphatic carbocycles. The summed E-state index contributed by atoms with van der Waals surface area (Å²) in [5.74, 6) is 0.351. The van der Waals surface area contributed by atoms with Crippen molar-refractivity contribution in [1.82, 2.24) is 9.88 Å². The minimum absolute atomic E-state index is 0.306. The summed E-state index contributed by atoms with van der Waals surface area (Å²) in [6, 6.07) is 14.6. The van der Waals surface area contributed by atoms with Gasteiger partial charge in [-0.2, -0.15) is 0 Å². The molecule has 1 aliphatic heterocycles. The molecule has 0 spiro atoms. The lowest BCUT2D eigenvalue weighted by atomic mass is 9.92. The second-order valence-corrected chi connectivity index (χ2v) is 6.89. The van der Waals surface area contributed by atoms with Crippen molar-refractivity contribution in [3.8, 4) is 5.75 Å². The summed E-state index contributed by atoms with van der Waals surface area (Å²) in [5.41, 5.74) is 2.17. The lowest BCUT2D eigenvalue weighted by Crippen LogP contribution is -2.46. The molecule has 3 aromatic rings. The zero-order valence-electron chi connectivity index (χ0n) is 15.8. The summed E-state index contributed by atoms with van der Waals surface area (Å²) in [6.07, 6.45) is 0.447. The Bertz CT molecular complexity index is 962. The van der Waals surface area contributed by atoms with Crippen molar-refractivity contribution < 1.29 is 19.4 Å². The Kier molecular flexibility index (Phi) is 5.43. The highest BCUT2D eigenvalue weighted by atomic mass is 16.5. The first-order valence-electron chi connectivity index (χ1n) is 9.44. The van der Waals surface area contributed by atoms with Gasteiger partial charge in [-0.1, -0.05) is 36.4 Å². The predicted octanol–water partition coefficient (Wildman–Crippen LogP) is 2.79. The van der Waals surface area contributed by atoms with Crippen molar-refractivity contribution in [2.24, 2.45) is 0 Å². The summed E-state index contributed by atoms with van der Waals surface area (Å²) in [4.78, 5) is 18.5. The van der Waals surface area contributed by atoms with Gasteiger partial charge in [0.1, 0.15) is 11.9 Å². The summed E-state index contributed by atoms with van der Waals surface area (Å²) < 4.78 is 11.0. The van der Waals surface area contributed by atoms with Crippen molar-refractivity contribution in [2.45, 2.75) is 12.1 Å². The maximum absolute atomic E-state index is 13.3. The van der Waals surface area contributed by atoms with E-state index >= 15 is 0 Å². The molecule has 1 fully saturated rings. The number of ketones is 1. The molecule has 2 unspecified atom stereocenters. The standard InChI is InChI=1S/C22H24N2O4/c1-27-19-9-5-3-7-16(19)20(24-10-12-28-13-11-24)22(26)21(25)17-14-23-18-8-4-2-6-15(17)18/h2-9,14,20,22-23,26H,10-13H2,1H3. The number of H-pyrrole nitrogens is 1. The lowest BCUT2D eigenvalue weighted by molar-refractivity contribution is -0.0178. The molecule has 4 rings (SSSR count). The number of ether oxygens (including phenoxy) is 2. The van der Waals surface area contributed by atoms with Crippen LogP contribution >= 0.6 is 0 Å². The van der Waals surface area contributed by atoms with Gasteiger partial charge in [-0.15, -0.1) is 0 Å². The summed E-state index contributed by atoms with van der Waals surface area (Å²) in [6.45, 7) is 2.42. The zero-order chi connectivity index (χ0) is 19.5. The van der Waals surface area contributed by atoms with Crippen LogP contribution in [0.2, 0.25) is 0 Å². The lowest BCUT2D eigenvalue weighted by Gasteiger charge is -2.37. The van der Waals surface area contributed by atoms with Gasteiger partial charge in [0.05, 0.1) is 26.4 Å². The Morgan fingerprint density at radius 3 is 2.64 bits per heavy atom. The molecule has 0 bridgehead atoms. The number of aromatic amines is 1. The van der Waals surface area contributed by atoms with Gasteiger partial charge in [0, 0.05) is 41.3 Å². The van der Waals surface area contributed by atoms with E-state index in [1.807, 2.05) is 48.5 Å². The van der Waals surface area contributed by atoms with E-state index in [1.54, 1.807) is 13.3 Å². The molecule has 1 aromatic heterocycles. The highest BCUT2D eigenvalue weighted by Gasteiger charge is 2.36. The Morgan fingerprint density at radius 1 is 1.14 bits per heavy atom. The zero-order valence-corrected chi connectivity index (χ0v) is 15.8. The number of methoxy groups -OCH3 is 1. The normalized spacial score (nSPS) is 17.4. The fourth-order valence-corrected chi connectivity index (χ4v) is 3.91. The number of nitrogens with zero attached hydrogens (tertiary/aromatic N) is 1. The average Bonchev–Trinajstić information content (AvgIpc) is 3.18. The fraction of sp³-hybridized carbons (Fsp3) is 0.318. The van der Waals surface area contributed by atoms with Crippen LogP contribution in [0.15, 0.2) is 54.7 Å². The molecule has 1 aliphatic rings. The van der Waals surface area contributed by atoms with Gasteiger partial charge in [-0.25, -0.2) is 0 Å². The highest BCUT2D eigenvalue weighted by Crippen LogP contribution is 2.34. The highest BCUT2D eigenvalue weighted by molar-refractivity contribution is 6.10. The van der Waals surface area contributed by atoms with Crippen LogP contribution in [0.25, 0.3) is 10.9 Å². The number of nitrogens with one attached hydrogen (secondary N) is 1. The van der Waals surface area contributed by atoms with Crippen LogP contribution in [0.3, 0.4) is 0 Å². The number of fused-ring (bicyclic) bond motifs is 1. The van der Waals surface area contributed by atoms with Crippen LogP contribution in [0, 0.1) is 0 Å². The number of hydrogen-bond donors (Lipinski definition) is 2. The molecule has 0 amide bonds. The van der Waals surface area contributed by atoms with Crippen molar-refractivity contribution >= 4 is 16.7 Å². The third-order valence-corrected chi connectivity index (χ3v) is 5.32. The molecule has 2 atom stereocenters. The van der Waals surface area contributed by atoms with Crippen molar-refractivity contribution in [3.63, 3.8) is 0 Å². The number of benzene rings is 2. The predicted molar refractivity (Wildman–Crippen MR) is 107 cm³/mol. The molecule has 28 heavy (non-hydrogen) atoms. The van der Waals surface area contributed by atoms with E-state index in [0.29, 0.717) is 37.6 Å². The van der Waals surface area contributed by atoms with Gasteiger partial charge in [-0.05, 0) is 12.1 Å². The molecule has 1 saturated heterocycles. The minimum atomic E-state index is -1.23. The smallest absolute Gasteiger partial charge is 0.195 e. The van der Waals surface area contributed by atoms with Gasteiger partial charge >= 0.3 is 0 Å². The van der Waals surface area contributed by atoms with Gasteiger partial charge in [0.25, 0.3) is 0 Å². The van der Waals surface area contributed by atoms with Gasteiger partial charge in [0.2, 0.25) is 0 Å². The molecule has 2 heterocycles. The van der Waals surface area contributed by atoms with Crippen LogP contribution in [-0.2, 0) is 4.74 Å². The number of morpholine rings is 1. The van der Waals surface area contributed by atoms with Crippen molar-refractivity contribution in [3.05, 3.63) is 65.9 Å². The molecule has 2 aromatic carbocycles. The molecule has 2 N–H and O–H groups in total. The average molecular weight is 380 g/mol. The maximum atomic E-state index is 13.3. The second kappa shape index (κ2) is 8.14. The third kappa shape index (κ3) is 3.42. The molecular formula is C22H24N2O4. The minimum Gasteiger partial charge on any atom is -0.496 e. The van der Waals surface area contributed by atoms with Gasteiger partial charge < -0.3 is 19.6 Å². The topological polar surface area (TPSA) is 74.8 Å². The first-order chi connectivity index (χ1) is 13.7. The van der Waals surface area contributed by atoms with Crippen LogP contribution < -0.4 is 4.74 Å². The van der Waals surface area contributed by atoms with E-state index in [4.69, 9.17) is 9.47 Å². The van der Waals surface area contributed by atoms with Crippen molar-refractivity contribution in [1.29, 1.82) is 0 Å². The Morgan fingerprint density at radius 2 is 1.86 bits per heavy atom. The number of rotatable bonds is 6. The number of aliphatic hydroxyl groups is 1. The fourth-order valence-electron chi connectivity index (χ4n) is 3.91. The summed E-state index contributed by atoms with van der Waals surface area (Å²) in [7, 11) is 1.60. The van der Waals surface area contributed by atoms with Crippen LogP contribution in [0.1, 0.15) is 22.0 Å². The molecule has 6 heteroatoms. The number of aliphatic hydroxyl groups excluding tert-OH is 1. The largest absolute Gasteiger partial charge is 0.496 e. The molecule has 146 valence electrons. The van der Waals surface area contributed by atoms with Crippen LogP contribution in [0.4, 0.5) is 0 Å². The second-order valence-electron chi connectivity index (χ2n) is 6.89. The monoisotopic (exact) mass is 380 g/mol. The van der Waals surface area contributed by atoms with E-state index in [2.05, 4.69) is 9.88 Å². The Balaban J connectivity index is 1.74. The first-order valence-corrected chi connectivity index (χ1v) is 9.44. The molecular weight excluding hydrogens is 356 g/mol. The van der Waals surface area contributed by atoms with E-state index < -0.39 is 12.1 Å². The van der Waals surface area contributed by atoms with E-state index in [1.165, 1.54) is 0 Å². The Hall–Kier alpha value is -2.67. The molecule has 0 radical (unpaired) electrons. The molecule has 6 nitrogen and oxygen atoms in total. The molecule has 0 saturated carbocycles. The summed E-state index contributed by atoms with van der Waals surface area (Å²) in [5, 5.41) is 12.0. The third-order valence-electron chi connectivity index (χ3n) is 5.32. The maximum Gasteiger partial charge on any atom is 0.195 e. The van der Waals surface area contributed by atoms with E-state index in [9.17, 15) is 9.90 Å². The van der Waals surface area contributed by atoms with Crippen LogP contribution in [0.5, 0.6) is 5.75 Å².